The summed E-state index contributed by atoms with van der Waals surface area (Å²) in [5.41, 5.74) is 5.37. The standard InChI is InChI=1S/C11H16F3N7S2.C4H4O4/c1-16-10(22)18-2-3-23-8-5-17-4-7(20-8)21-9(15)19-6-11(12,13)14;5-3(6)1-2-4(7)8/h4-5H,2-3,6H2,1H3,(H2,16,18,22)(H3,15,19,20,21);1-2H,(H,5,6)(H,7,8). The molecule has 0 saturated heterocycles. The first-order valence-corrected chi connectivity index (χ1v) is 9.50. The topological polar surface area (TPSA) is 175 Å². The first-order valence-electron chi connectivity index (χ1n) is 8.11. The second-order valence-corrected chi connectivity index (χ2v) is 6.57. The van der Waals surface area contributed by atoms with Gasteiger partial charge in [-0.25, -0.2) is 19.6 Å². The van der Waals surface area contributed by atoms with E-state index in [1.807, 2.05) is 0 Å². The van der Waals surface area contributed by atoms with Crippen LogP contribution < -0.4 is 21.7 Å². The lowest BCUT2D eigenvalue weighted by Gasteiger charge is -2.08. The molecule has 172 valence electrons. The average Bonchev–Trinajstić information content (AvgIpc) is 2.68. The lowest BCUT2D eigenvalue weighted by Crippen LogP contribution is -2.33. The molecule has 0 saturated carbocycles. The molecule has 31 heavy (non-hydrogen) atoms. The maximum Gasteiger partial charge on any atom is 0.408 e. The van der Waals surface area contributed by atoms with E-state index in [4.69, 9.17) is 28.2 Å². The van der Waals surface area contributed by atoms with Crippen LogP contribution in [0.4, 0.5) is 19.0 Å². The zero-order valence-electron chi connectivity index (χ0n) is 16.0. The third kappa shape index (κ3) is 17.4. The molecule has 0 unspecified atom stereocenters. The number of carboxylic acids is 2. The SMILES string of the molecule is CNC(=S)NCCSc1cncc(NC(N)=NCC(F)(F)F)n1.O=C(O)C=CC(=O)O. The van der Waals surface area contributed by atoms with Gasteiger partial charge in [0.25, 0.3) is 0 Å². The molecule has 0 spiro atoms. The van der Waals surface area contributed by atoms with Crippen LogP contribution in [0.2, 0.25) is 0 Å². The zero-order chi connectivity index (χ0) is 23.9. The van der Waals surface area contributed by atoms with Gasteiger partial charge >= 0.3 is 18.1 Å². The normalized spacial score (nSPS) is 11.3. The highest BCUT2D eigenvalue weighted by molar-refractivity contribution is 7.99. The van der Waals surface area contributed by atoms with Crippen LogP contribution in [0, 0.1) is 0 Å². The van der Waals surface area contributed by atoms with E-state index in [0.717, 1.165) is 0 Å². The minimum Gasteiger partial charge on any atom is -0.478 e. The van der Waals surface area contributed by atoms with E-state index in [1.54, 1.807) is 7.05 Å². The third-order valence-corrected chi connectivity index (χ3v) is 3.78. The van der Waals surface area contributed by atoms with E-state index in [0.29, 0.717) is 34.6 Å². The van der Waals surface area contributed by atoms with Crippen molar-refractivity contribution < 1.29 is 33.0 Å². The number of halogens is 3. The summed E-state index contributed by atoms with van der Waals surface area (Å²) in [7, 11) is 1.72. The van der Waals surface area contributed by atoms with Crippen molar-refractivity contribution in [3.8, 4) is 0 Å². The summed E-state index contributed by atoms with van der Waals surface area (Å²) in [5.74, 6) is -1.99. The Kier molecular flexibility index (Phi) is 13.3. The first kappa shape index (κ1) is 27.9. The number of anilines is 1. The summed E-state index contributed by atoms with van der Waals surface area (Å²) in [6.07, 6.45) is -0.412. The van der Waals surface area contributed by atoms with Crippen LogP contribution in [0.3, 0.4) is 0 Å². The highest BCUT2D eigenvalue weighted by Gasteiger charge is 2.26. The molecule has 0 radical (unpaired) electrons. The number of thioether (sulfide) groups is 1. The molecule has 11 nitrogen and oxygen atoms in total. The van der Waals surface area contributed by atoms with Crippen LogP contribution in [-0.4, -0.2) is 75.3 Å². The lowest BCUT2D eigenvalue weighted by atomic mass is 10.5. The predicted molar refractivity (Wildman–Crippen MR) is 113 cm³/mol. The Bertz CT molecular complexity index is 791. The predicted octanol–water partition coefficient (Wildman–Crippen LogP) is 0.663. The molecule has 7 N–H and O–H groups in total. The van der Waals surface area contributed by atoms with Crippen LogP contribution in [0.15, 0.2) is 34.6 Å². The number of guanidine groups is 1. The number of hydrogen-bond donors (Lipinski definition) is 6. The van der Waals surface area contributed by atoms with Crippen molar-refractivity contribution in [1.82, 2.24) is 20.6 Å². The van der Waals surface area contributed by atoms with Crippen molar-refractivity contribution in [3.63, 3.8) is 0 Å². The number of alkyl halides is 3. The fourth-order valence-electron chi connectivity index (χ4n) is 1.37. The van der Waals surface area contributed by atoms with Gasteiger partial charge in [-0.2, -0.15) is 13.2 Å². The smallest absolute Gasteiger partial charge is 0.408 e. The lowest BCUT2D eigenvalue weighted by molar-refractivity contribution is -0.134. The van der Waals surface area contributed by atoms with Gasteiger partial charge in [0.15, 0.2) is 16.9 Å². The molecular formula is C15H20F3N7O4S2. The van der Waals surface area contributed by atoms with E-state index in [-0.39, 0.29) is 11.8 Å². The molecule has 0 aliphatic carbocycles. The molecular weight excluding hydrogens is 463 g/mol. The Morgan fingerprint density at radius 1 is 1.29 bits per heavy atom. The van der Waals surface area contributed by atoms with Crippen molar-refractivity contribution in [2.75, 3.05) is 31.2 Å². The van der Waals surface area contributed by atoms with E-state index < -0.39 is 24.7 Å². The number of thiocarbonyl (C=S) groups is 1. The molecule has 0 bridgehead atoms. The quantitative estimate of drug-likeness (QED) is 0.0762. The molecule has 0 fully saturated rings. The summed E-state index contributed by atoms with van der Waals surface area (Å²) < 4.78 is 36.1. The van der Waals surface area contributed by atoms with Gasteiger partial charge in [-0.05, 0) is 12.2 Å². The molecule has 1 aromatic rings. The van der Waals surface area contributed by atoms with Crippen LogP contribution in [0.25, 0.3) is 0 Å². The third-order valence-electron chi connectivity index (χ3n) is 2.53. The van der Waals surface area contributed by atoms with E-state index in [2.05, 4.69) is 30.9 Å². The Morgan fingerprint density at radius 2 is 1.90 bits per heavy atom. The van der Waals surface area contributed by atoms with Crippen LogP contribution in [0.1, 0.15) is 0 Å². The highest BCUT2D eigenvalue weighted by Crippen LogP contribution is 2.16. The number of carboxylic acid groups (broad SMARTS) is 2. The second kappa shape index (κ2) is 14.8. The van der Waals surface area contributed by atoms with Gasteiger partial charge in [0.2, 0.25) is 0 Å². The Morgan fingerprint density at radius 3 is 2.42 bits per heavy atom. The fraction of sp³-hybridized carbons (Fsp3) is 0.333. The first-order chi connectivity index (χ1) is 14.4. The summed E-state index contributed by atoms with van der Waals surface area (Å²) in [6.45, 7) is -0.733. The minimum absolute atomic E-state index is 0.220. The molecule has 1 rings (SSSR count). The Balaban J connectivity index is 0.000000954. The van der Waals surface area contributed by atoms with Gasteiger partial charge in [0, 0.05) is 31.5 Å². The number of nitrogens with two attached hydrogens (primary N) is 1. The number of rotatable bonds is 8. The summed E-state index contributed by atoms with van der Waals surface area (Å²) in [6, 6.07) is 0. The van der Waals surface area contributed by atoms with Crippen molar-refractivity contribution in [2.24, 2.45) is 10.7 Å². The number of carbonyl (C=O) groups is 2. The summed E-state index contributed by atoms with van der Waals surface area (Å²) in [5, 5.41) is 25.0. The molecule has 1 aromatic heterocycles. The number of aromatic nitrogens is 2. The Labute approximate surface area is 184 Å². The number of aliphatic imine (C=N–C) groups is 1. The number of nitrogens with one attached hydrogen (secondary N) is 3. The fourth-order valence-corrected chi connectivity index (χ4v) is 2.19. The van der Waals surface area contributed by atoms with E-state index >= 15 is 0 Å². The number of nitrogens with zero attached hydrogens (tertiary/aromatic N) is 3. The maximum absolute atomic E-state index is 12.0. The summed E-state index contributed by atoms with van der Waals surface area (Å²) in [4.78, 5) is 30.4. The molecule has 0 atom stereocenters. The van der Waals surface area contributed by atoms with Gasteiger partial charge < -0.3 is 31.9 Å². The zero-order valence-corrected chi connectivity index (χ0v) is 17.6. The van der Waals surface area contributed by atoms with E-state index in [9.17, 15) is 22.8 Å². The molecule has 0 aliphatic rings. The van der Waals surface area contributed by atoms with Crippen LogP contribution >= 0.6 is 24.0 Å². The largest absolute Gasteiger partial charge is 0.478 e. The van der Waals surface area contributed by atoms with Crippen molar-refractivity contribution >= 4 is 52.8 Å². The van der Waals surface area contributed by atoms with Gasteiger partial charge in [-0.3, -0.25) is 4.98 Å². The van der Waals surface area contributed by atoms with Crippen LogP contribution in [-0.2, 0) is 9.59 Å². The highest BCUT2D eigenvalue weighted by atomic mass is 32.2. The average molecular weight is 483 g/mol. The van der Waals surface area contributed by atoms with Gasteiger partial charge in [0.05, 0.1) is 12.4 Å². The maximum atomic E-state index is 12.0. The molecule has 0 aliphatic heterocycles. The molecule has 1 heterocycles. The monoisotopic (exact) mass is 483 g/mol. The van der Waals surface area contributed by atoms with Gasteiger partial charge in [0.1, 0.15) is 11.6 Å². The van der Waals surface area contributed by atoms with Crippen molar-refractivity contribution in [1.29, 1.82) is 0 Å². The van der Waals surface area contributed by atoms with Crippen molar-refractivity contribution in [3.05, 3.63) is 24.5 Å². The minimum atomic E-state index is -4.41. The number of aliphatic carboxylic acids is 2. The number of hydrogen-bond acceptors (Lipinski definition) is 7. The van der Waals surface area contributed by atoms with Gasteiger partial charge in [-0.15, -0.1) is 11.8 Å². The van der Waals surface area contributed by atoms with E-state index in [1.165, 1.54) is 24.2 Å². The van der Waals surface area contributed by atoms with Crippen LogP contribution in [0.5, 0.6) is 0 Å². The molecule has 16 heteroatoms. The second-order valence-electron chi connectivity index (χ2n) is 5.05. The van der Waals surface area contributed by atoms with Crippen molar-refractivity contribution in [2.45, 2.75) is 11.2 Å². The summed E-state index contributed by atoms with van der Waals surface area (Å²) >= 11 is 6.34. The molecule has 0 aromatic carbocycles. The van der Waals surface area contributed by atoms with Gasteiger partial charge in [-0.1, -0.05) is 0 Å². The molecule has 0 amide bonds. The Hall–Kier alpha value is -3.14.